The van der Waals surface area contributed by atoms with Crippen LogP contribution in [0.15, 0.2) is 0 Å². The number of esters is 1. The van der Waals surface area contributed by atoms with E-state index in [1.54, 1.807) is 0 Å². The molecule has 0 aromatic rings. The first kappa shape index (κ1) is 13.1. The van der Waals surface area contributed by atoms with Gasteiger partial charge in [0.05, 0.1) is 11.2 Å². The Balaban J connectivity index is 1.73. The van der Waals surface area contributed by atoms with Crippen LogP contribution in [0.3, 0.4) is 0 Å². The summed E-state index contributed by atoms with van der Waals surface area (Å²) in [5.74, 6) is 3.98. The second kappa shape index (κ2) is 3.60. The Labute approximate surface area is 121 Å². The Kier molecular flexibility index (Phi) is 2.36. The molecule has 8 atom stereocenters. The number of hydrogen-bond acceptors (Lipinski definition) is 3. The molecule has 3 saturated carbocycles. The van der Waals surface area contributed by atoms with Crippen LogP contribution in [-0.2, 0) is 14.3 Å². The van der Waals surface area contributed by atoms with E-state index in [2.05, 4.69) is 27.7 Å². The maximum Gasteiger partial charge on any atom is 0.302 e. The second-order valence-electron chi connectivity index (χ2n) is 8.45. The fourth-order valence-corrected chi connectivity index (χ4v) is 6.58. The molecule has 112 valence electrons. The Morgan fingerprint density at radius 3 is 2.55 bits per heavy atom. The predicted molar refractivity (Wildman–Crippen MR) is 75.0 cm³/mol. The van der Waals surface area contributed by atoms with E-state index < -0.39 is 0 Å². The lowest BCUT2D eigenvalue weighted by Crippen LogP contribution is -2.53. The zero-order valence-electron chi connectivity index (χ0n) is 13.2. The van der Waals surface area contributed by atoms with Gasteiger partial charge >= 0.3 is 5.97 Å². The van der Waals surface area contributed by atoms with Crippen LogP contribution >= 0.6 is 0 Å². The van der Waals surface area contributed by atoms with Gasteiger partial charge < -0.3 is 9.47 Å². The van der Waals surface area contributed by atoms with Crippen LogP contribution < -0.4 is 0 Å². The minimum Gasteiger partial charge on any atom is -0.462 e. The number of hydrogen-bond donors (Lipinski definition) is 0. The largest absolute Gasteiger partial charge is 0.462 e. The Morgan fingerprint density at radius 2 is 1.90 bits per heavy atom. The van der Waals surface area contributed by atoms with Gasteiger partial charge in [-0.05, 0) is 63.2 Å². The van der Waals surface area contributed by atoms with Crippen molar-refractivity contribution in [3.63, 3.8) is 0 Å². The Bertz CT molecular complexity index is 471. The summed E-state index contributed by atoms with van der Waals surface area (Å²) in [7, 11) is 0. The average molecular weight is 278 g/mol. The summed E-state index contributed by atoms with van der Waals surface area (Å²) in [5.41, 5.74) is -0.111. The number of rotatable bonds is 1. The Hall–Kier alpha value is -0.570. The smallest absolute Gasteiger partial charge is 0.302 e. The third-order valence-electron chi connectivity index (χ3n) is 6.71. The van der Waals surface area contributed by atoms with E-state index in [0.29, 0.717) is 17.8 Å². The first-order chi connectivity index (χ1) is 9.24. The molecule has 3 nitrogen and oxygen atoms in total. The summed E-state index contributed by atoms with van der Waals surface area (Å²) in [6, 6.07) is 0. The molecule has 8 unspecified atom stereocenters. The lowest BCUT2D eigenvalue weighted by Gasteiger charge is -2.49. The lowest BCUT2D eigenvalue weighted by molar-refractivity contribution is -0.213. The van der Waals surface area contributed by atoms with E-state index in [1.807, 2.05) is 0 Å². The van der Waals surface area contributed by atoms with E-state index in [4.69, 9.17) is 9.47 Å². The van der Waals surface area contributed by atoms with E-state index in [0.717, 1.165) is 30.6 Å². The van der Waals surface area contributed by atoms with Gasteiger partial charge in [-0.15, -0.1) is 0 Å². The van der Waals surface area contributed by atoms with Crippen molar-refractivity contribution in [2.24, 2.45) is 35.5 Å². The summed E-state index contributed by atoms with van der Waals surface area (Å²) in [6.45, 7) is 10.7. The first-order valence-electron chi connectivity index (χ1n) is 8.12. The molecule has 2 bridgehead atoms. The highest BCUT2D eigenvalue weighted by atomic mass is 16.6. The topological polar surface area (TPSA) is 35.5 Å². The maximum atomic E-state index is 11.4. The van der Waals surface area contributed by atoms with Crippen LogP contribution in [0, 0.1) is 35.5 Å². The van der Waals surface area contributed by atoms with Crippen molar-refractivity contribution < 1.29 is 14.3 Å². The van der Waals surface area contributed by atoms with Gasteiger partial charge in [0.2, 0.25) is 0 Å². The number of carbonyl (C=O) groups excluding carboxylic acids is 1. The van der Waals surface area contributed by atoms with Crippen molar-refractivity contribution in [3.8, 4) is 0 Å². The van der Waals surface area contributed by atoms with Gasteiger partial charge in [-0.2, -0.15) is 0 Å². The highest BCUT2D eigenvalue weighted by Crippen LogP contribution is 2.74. The standard InChI is InChI=1S/C17H26O3/c1-8-6-11(19-9(2)18)15-12(8)13-10-7-17(15,5)20-16(3,4)14(10)13/h8,10-15H,6-7H2,1-5H3. The molecule has 1 aliphatic heterocycles. The van der Waals surface area contributed by atoms with Crippen LogP contribution in [0.5, 0.6) is 0 Å². The van der Waals surface area contributed by atoms with E-state index in [1.165, 1.54) is 6.92 Å². The Morgan fingerprint density at radius 1 is 1.20 bits per heavy atom. The molecule has 1 heterocycles. The fraction of sp³-hybridized carbons (Fsp3) is 0.941. The molecule has 0 aromatic heterocycles. The van der Waals surface area contributed by atoms with Gasteiger partial charge in [-0.1, -0.05) is 6.92 Å². The highest BCUT2D eigenvalue weighted by Gasteiger charge is 2.76. The van der Waals surface area contributed by atoms with Crippen molar-refractivity contribution in [2.45, 2.75) is 64.8 Å². The summed E-state index contributed by atoms with van der Waals surface area (Å²) in [4.78, 5) is 11.4. The summed E-state index contributed by atoms with van der Waals surface area (Å²) in [6.07, 6.45) is 2.25. The van der Waals surface area contributed by atoms with Gasteiger partial charge in [0.25, 0.3) is 0 Å². The van der Waals surface area contributed by atoms with Crippen LogP contribution in [0.1, 0.15) is 47.5 Å². The van der Waals surface area contributed by atoms with Gasteiger partial charge in [0.1, 0.15) is 6.10 Å². The lowest BCUT2D eigenvalue weighted by atomic mass is 9.69. The molecule has 0 radical (unpaired) electrons. The zero-order chi connectivity index (χ0) is 14.4. The second-order valence-corrected chi connectivity index (χ2v) is 8.45. The minimum atomic E-state index is -0.141. The van der Waals surface area contributed by atoms with Crippen molar-refractivity contribution >= 4 is 5.97 Å². The molecule has 4 fully saturated rings. The summed E-state index contributed by atoms with van der Waals surface area (Å²) < 4.78 is 12.3. The van der Waals surface area contributed by atoms with Crippen molar-refractivity contribution in [1.29, 1.82) is 0 Å². The minimum absolute atomic E-state index is 0.00678. The molecule has 20 heavy (non-hydrogen) atoms. The third-order valence-corrected chi connectivity index (χ3v) is 6.71. The van der Waals surface area contributed by atoms with Gasteiger partial charge in [0, 0.05) is 12.8 Å². The predicted octanol–water partition coefficient (Wildman–Crippen LogP) is 3.02. The van der Waals surface area contributed by atoms with Crippen LogP contribution in [-0.4, -0.2) is 23.3 Å². The van der Waals surface area contributed by atoms with Crippen molar-refractivity contribution in [3.05, 3.63) is 0 Å². The summed E-state index contributed by atoms with van der Waals surface area (Å²) in [5, 5.41) is 0. The maximum absolute atomic E-state index is 11.4. The summed E-state index contributed by atoms with van der Waals surface area (Å²) >= 11 is 0. The molecule has 0 aromatic carbocycles. The molecular formula is C17H26O3. The monoisotopic (exact) mass is 278 g/mol. The molecule has 3 heteroatoms. The SMILES string of the molecule is CC(=O)OC1CC(C)C2C3C4CC(C)(OC(C)(C)C43)C12. The number of fused-ring (bicyclic) bond motifs is 5. The molecule has 4 aliphatic rings. The zero-order valence-corrected chi connectivity index (χ0v) is 13.2. The van der Waals surface area contributed by atoms with Gasteiger partial charge in [-0.3, -0.25) is 4.79 Å². The fourth-order valence-electron chi connectivity index (χ4n) is 6.58. The van der Waals surface area contributed by atoms with Crippen LogP contribution in [0.2, 0.25) is 0 Å². The number of ether oxygens (including phenoxy) is 2. The van der Waals surface area contributed by atoms with E-state index >= 15 is 0 Å². The quantitative estimate of drug-likeness (QED) is 0.692. The number of carbonyl (C=O) groups is 1. The van der Waals surface area contributed by atoms with Crippen LogP contribution in [0.25, 0.3) is 0 Å². The van der Waals surface area contributed by atoms with Crippen LogP contribution in [0.4, 0.5) is 0 Å². The van der Waals surface area contributed by atoms with Gasteiger partial charge in [0.15, 0.2) is 0 Å². The molecule has 3 aliphatic carbocycles. The molecule has 4 rings (SSSR count). The molecule has 0 amide bonds. The molecule has 0 spiro atoms. The van der Waals surface area contributed by atoms with Crippen molar-refractivity contribution in [2.75, 3.05) is 0 Å². The van der Waals surface area contributed by atoms with E-state index in [9.17, 15) is 4.79 Å². The van der Waals surface area contributed by atoms with Crippen molar-refractivity contribution in [1.82, 2.24) is 0 Å². The van der Waals surface area contributed by atoms with E-state index in [-0.39, 0.29) is 23.3 Å². The highest BCUT2D eigenvalue weighted by molar-refractivity contribution is 5.66. The van der Waals surface area contributed by atoms with Gasteiger partial charge in [-0.25, -0.2) is 0 Å². The molecule has 0 N–H and O–H groups in total. The molecular weight excluding hydrogens is 252 g/mol. The average Bonchev–Trinajstić information content (AvgIpc) is 2.90. The third kappa shape index (κ3) is 1.48. The normalized spacial score (nSPS) is 58.0. The first-order valence-corrected chi connectivity index (χ1v) is 8.12. The molecule has 1 saturated heterocycles.